The first-order valence-electron chi connectivity index (χ1n) is 25.1. The number of aliphatic hydroxyl groups is 2. The number of amides is 1. The maximum Gasteiger partial charge on any atom is 0.306 e. The van der Waals surface area contributed by atoms with Crippen molar-refractivity contribution in [2.45, 2.75) is 257 Å². The summed E-state index contributed by atoms with van der Waals surface area (Å²) >= 11 is 0. The SMILES string of the molecule is CCC/C=C/C=C/C=C/C=C/C=C/CCCCCCCC(=O)OC(CCCCCCCCCCCCCC)CC(=O)NC(CO)C(O)CCCCCCCCCCCC. The summed E-state index contributed by atoms with van der Waals surface area (Å²) in [5, 5.41) is 23.7. The Hall–Kier alpha value is -2.44. The lowest BCUT2D eigenvalue weighted by Crippen LogP contribution is -2.46. The smallest absolute Gasteiger partial charge is 0.306 e. The van der Waals surface area contributed by atoms with Gasteiger partial charge in [-0.3, -0.25) is 9.59 Å². The van der Waals surface area contributed by atoms with Crippen molar-refractivity contribution in [3.63, 3.8) is 0 Å². The second-order valence-electron chi connectivity index (χ2n) is 17.0. The van der Waals surface area contributed by atoms with Gasteiger partial charge >= 0.3 is 5.97 Å². The molecule has 0 radical (unpaired) electrons. The molecule has 6 nitrogen and oxygen atoms in total. The van der Waals surface area contributed by atoms with Crippen molar-refractivity contribution in [1.82, 2.24) is 5.32 Å². The Labute approximate surface area is 365 Å². The highest BCUT2D eigenvalue weighted by Crippen LogP contribution is 2.18. The highest BCUT2D eigenvalue weighted by Gasteiger charge is 2.24. The predicted molar refractivity (Wildman–Crippen MR) is 255 cm³/mol. The molecule has 0 saturated heterocycles. The second-order valence-corrected chi connectivity index (χ2v) is 17.0. The first-order chi connectivity index (χ1) is 29.0. The number of carbonyl (C=O) groups is 2. The van der Waals surface area contributed by atoms with Crippen molar-refractivity contribution in [2.75, 3.05) is 6.61 Å². The van der Waals surface area contributed by atoms with E-state index in [1.54, 1.807) is 0 Å². The number of esters is 1. The average molecular weight is 826 g/mol. The van der Waals surface area contributed by atoms with Crippen molar-refractivity contribution in [3.05, 3.63) is 60.8 Å². The average Bonchev–Trinajstić information content (AvgIpc) is 3.23. The third kappa shape index (κ3) is 42.1. The molecule has 3 unspecified atom stereocenters. The van der Waals surface area contributed by atoms with Crippen LogP contribution in [0, 0.1) is 0 Å². The number of ether oxygens (including phenoxy) is 1. The number of rotatable bonds is 44. The molecular weight excluding hydrogens is 731 g/mol. The zero-order valence-electron chi connectivity index (χ0n) is 38.9. The van der Waals surface area contributed by atoms with Gasteiger partial charge in [0.1, 0.15) is 6.10 Å². The van der Waals surface area contributed by atoms with Gasteiger partial charge in [0, 0.05) is 6.42 Å². The molecule has 1 amide bonds. The molecule has 59 heavy (non-hydrogen) atoms. The Morgan fingerprint density at radius 3 is 1.37 bits per heavy atom. The third-order valence-electron chi connectivity index (χ3n) is 11.2. The number of hydrogen-bond acceptors (Lipinski definition) is 5. The molecule has 0 spiro atoms. The van der Waals surface area contributed by atoms with Gasteiger partial charge in [0.25, 0.3) is 0 Å². The number of carbonyl (C=O) groups excluding carboxylic acids is 2. The maximum atomic E-state index is 13.2. The quantitative estimate of drug-likeness (QED) is 0.0323. The summed E-state index contributed by atoms with van der Waals surface area (Å²) in [5.74, 6) is -0.499. The van der Waals surface area contributed by atoms with Gasteiger partial charge in [-0.25, -0.2) is 0 Å². The minimum atomic E-state index is -0.791. The lowest BCUT2D eigenvalue weighted by atomic mass is 10.0. The molecule has 0 aromatic rings. The standard InChI is InChI=1S/C53H95NO5/c1-4-7-10-13-16-19-22-24-25-26-27-28-29-31-34-37-40-43-46-53(58)59-49(44-41-38-35-32-30-23-20-17-14-11-8-5-2)47-52(57)54-50(48-55)51(56)45-42-39-36-33-21-18-15-12-9-6-3/h10,13,16,19,22,24-28,49-51,55-56H,4-9,11-12,14-15,17-18,20-21,23,29-48H2,1-3H3,(H,54,57)/b13-10+,19-16+,24-22+,26-25+,28-27+. The number of aliphatic hydroxyl groups excluding tert-OH is 2. The van der Waals surface area contributed by atoms with E-state index in [2.05, 4.69) is 62.5 Å². The van der Waals surface area contributed by atoms with Gasteiger partial charge < -0.3 is 20.3 Å². The lowest BCUT2D eigenvalue weighted by Gasteiger charge is -2.24. The highest BCUT2D eigenvalue weighted by atomic mass is 16.5. The van der Waals surface area contributed by atoms with Gasteiger partial charge in [-0.1, -0.05) is 242 Å². The Balaban J connectivity index is 4.61. The Morgan fingerprint density at radius 2 is 0.898 bits per heavy atom. The van der Waals surface area contributed by atoms with Crippen molar-refractivity contribution in [3.8, 4) is 0 Å². The van der Waals surface area contributed by atoms with Crippen LogP contribution < -0.4 is 5.32 Å². The molecule has 0 aromatic heterocycles. The normalized spacial score (nSPS) is 13.8. The number of hydrogen-bond donors (Lipinski definition) is 3. The highest BCUT2D eigenvalue weighted by molar-refractivity contribution is 5.77. The van der Waals surface area contributed by atoms with E-state index in [-0.39, 0.29) is 24.9 Å². The fourth-order valence-electron chi connectivity index (χ4n) is 7.40. The van der Waals surface area contributed by atoms with Crippen molar-refractivity contribution in [1.29, 1.82) is 0 Å². The van der Waals surface area contributed by atoms with Crippen LogP contribution in [0.2, 0.25) is 0 Å². The second kappa shape index (κ2) is 46.6. The fraction of sp³-hybridized carbons (Fsp3) is 0.774. The number of allylic oxidation sites excluding steroid dienone is 10. The van der Waals surface area contributed by atoms with Gasteiger partial charge in [-0.2, -0.15) is 0 Å². The van der Waals surface area contributed by atoms with Crippen LogP contribution in [0.1, 0.15) is 239 Å². The molecule has 0 heterocycles. The van der Waals surface area contributed by atoms with Crippen LogP contribution >= 0.6 is 0 Å². The number of unbranched alkanes of at least 4 members (excludes halogenated alkanes) is 26. The molecule has 0 aromatic carbocycles. The predicted octanol–water partition coefficient (Wildman–Crippen LogP) is 14.8. The zero-order valence-corrected chi connectivity index (χ0v) is 38.9. The van der Waals surface area contributed by atoms with Crippen LogP contribution in [0.4, 0.5) is 0 Å². The summed E-state index contributed by atoms with van der Waals surface area (Å²) < 4.78 is 5.92. The van der Waals surface area contributed by atoms with E-state index < -0.39 is 18.2 Å². The summed E-state index contributed by atoms with van der Waals surface area (Å²) in [6.45, 7) is 6.38. The summed E-state index contributed by atoms with van der Waals surface area (Å²) in [5.41, 5.74) is 0. The van der Waals surface area contributed by atoms with E-state index in [1.165, 1.54) is 116 Å². The molecule has 0 aliphatic rings. The van der Waals surface area contributed by atoms with Crippen molar-refractivity contribution in [2.24, 2.45) is 0 Å². The van der Waals surface area contributed by atoms with Crippen LogP contribution in [-0.2, 0) is 14.3 Å². The van der Waals surface area contributed by atoms with Crippen LogP contribution in [0.15, 0.2) is 60.8 Å². The Morgan fingerprint density at radius 1 is 0.492 bits per heavy atom. The molecule has 0 aliphatic carbocycles. The lowest BCUT2D eigenvalue weighted by molar-refractivity contribution is -0.151. The van der Waals surface area contributed by atoms with Crippen LogP contribution in [0.5, 0.6) is 0 Å². The van der Waals surface area contributed by atoms with E-state index in [1.807, 2.05) is 24.3 Å². The topological polar surface area (TPSA) is 95.9 Å². The van der Waals surface area contributed by atoms with Gasteiger partial charge in [-0.05, 0) is 44.9 Å². The van der Waals surface area contributed by atoms with Crippen LogP contribution in [0.3, 0.4) is 0 Å². The fourth-order valence-corrected chi connectivity index (χ4v) is 7.40. The summed E-state index contributed by atoms with van der Waals surface area (Å²) in [6.07, 6.45) is 57.0. The van der Waals surface area contributed by atoms with Gasteiger partial charge in [-0.15, -0.1) is 0 Å². The Bertz CT molecular complexity index is 1060. The molecule has 342 valence electrons. The minimum Gasteiger partial charge on any atom is -0.462 e. The van der Waals surface area contributed by atoms with E-state index in [9.17, 15) is 19.8 Å². The first kappa shape index (κ1) is 56.6. The number of nitrogens with one attached hydrogen (secondary N) is 1. The summed E-state index contributed by atoms with van der Waals surface area (Å²) in [7, 11) is 0. The van der Waals surface area contributed by atoms with Crippen molar-refractivity contribution < 1.29 is 24.5 Å². The third-order valence-corrected chi connectivity index (χ3v) is 11.2. The van der Waals surface area contributed by atoms with E-state index >= 15 is 0 Å². The molecule has 0 fully saturated rings. The van der Waals surface area contributed by atoms with Crippen LogP contribution in [0.25, 0.3) is 0 Å². The van der Waals surface area contributed by atoms with Gasteiger partial charge in [0.05, 0.1) is 25.2 Å². The first-order valence-corrected chi connectivity index (χ1v) is 25.1. The summed E-state index contributed by atoms with van der Waals surface area (Å²) in [4.78, 5) is 26.1. The minimum absolute atomic E-state index is 0.0675. The molecule has 0 aliphatic heterocycles. The monoisotopic (exact) mass is 826 g/mol. The van der Waals surface area contributed by atoms with E-state index in [0.717, 1.165) is 77.0 Å². The molecule has 0 rings (SSSR count). The molecular formula is C53H95NO5. The molecule has 0 bridgehead atoms. The molecule has 0 saturated carbocycles. The largest absolute Gasteiger partial charge is 0.462 e. The molecule has 3 atom stereocenters. The van der Waals surface area contributed by atoms with Crippen LogP contribution in [-0.4, -0.2) is 46.9 Å². The maximum absolute atomic E-state index is 13.2. The zero-order chi connectivity index (χ0) is 43.1. The van der Waals surface area contributed by atoms with E-state index in [4.69, 9.17) is 4.74 Å². The van der Waals surface area contributed by atoms with Gasteiger partial charge in [0.2, 0.25) is 5.91 Å². The van der Waals surface area contributed by atoms with Gasteiger partial charge in [0.15, 0.2) is 0 Å². The molecule has 6 heteroatoms. The van der Waals surface area contributed by atoms with Crippen molar-refractivity contribution >= 4 is 11.9 Å². The Kier molecular flexibility index (Phi) is 44.7. The van der Waals surface area contributed by atoms with E-state index in [0.29, 0.717) is 19.3 Å². The summed E-state index contributed by atoms with van der Waals surface area (Å²) in [6, 6.07) is -0.705. The molecule has 3 N–H and O–H groups in total.